The molecule has 0 fully saturated rings. The number of nitrogens with zero attached hydrogens (tertiary/aromatic N) is 3. The van der Waals surface area contributed by atoms with Gasteiger partial charge in [-0.1, -0.05) is 18.2 Å². The average Bonchev–Trinajstić information content (AvgIpc) is 2.50. The minimum atomic E-state index is -0.432. The zero-order chi connectivity index (χ0) is 15.0. The van der Waals surface area contributed by atoms with Crippen LogP contribution in [0, 0.1) is 19.7 Å². The highest BCUT2D eigenvalue weighted by Crippen LogP contribution is 2.24. The molecule has 0 aliphatic rings. The summed E-state index contributed by atoms with van der Waals surface area (Å²) in [6.07, 6.45) is 0. The van der Waals surface area contributed by atoms with Crippen LogP contribution in [0.25, 0.3) is 22.4 Å². The fourth-order valence-electron chi connectivity index (χ4n) is 2.30. The predicted octanol–water partition coefficient (Wildman–Crippen LogP) is 3.49. The molecular weight excluding hydrogens is 267 g/mol. The van der Waals surface area contributed by atoms with E-state index in [4.69, 9.17) is 0 Å². The number of halogens is 1. The maximum atomic E-state index is 13.8. The van der Waals surface area contributed by atoms with Crippen LogP contribution in [0.3, 0.4) is 0 Å². The molecule has 3 aromatic rings. The van der Waals surface area contributed by atoms with E-state index in [1.54, 1.807) is 14.0 Å². The van der Waals surface area contributed by atoms with Crippen LogP contribution in [0.4, 0.5) is 10.2 Å². The molecule has 1 aromatic carbocycles. The van der Waals surface area contributed by atoms with E-state index in [1.807, 2.05) is 37.3 Å². The Bertz CT molecular complexity index is 830. The quantitative estimate of drug-likeness (QED) is 0.781. The molecule has 21 heavy (non-hydrogen) atoms. The van der Waals surface area contributed by atoms with Crippen LogP contribution in [0.5, 0.6) is 0 Å². The maximum absolute atomic E-state index is 13.8. The minimum absolute atomic E-state index is 0.185. The molecule has 0 saturated heterocycles. The molecule has 0 bridgehead atoms. The molecule has 0 saturated carbocycles. The highest BCUT2D eigenvalue weighted by molar-refractivity contribution is 5.84. The molecule has 5 heteroatoms. The van der Waals surface area contributed by atoms with E-state index >= 15 is 0 Å². The first-order valence-electron chi connectivity index (χ1n) is 6.69. The van der Waals surface area contributed by atoms with Crippen LogP contribution >= 0.6 is 0 Å². The second-order valence-corrected chi connectivity index (χ2v) is 4.89. The summed E-state index contributed by atoms with van der Waals surface area (Å²) < 4.78 is 13.8. The van der Waals surface area contributed by atoms with Crippen molar-refractivity contribution in [3.8, 4) is 11.5 Å². The minimum Gasteiger partial charge on any atom is -0.371 e. The molecule has 4 nitrogen and oxygen atoms in total. The smallest absolute Gasteiger partial charge is 0.186 e. The first-order valence-corrected chi connectivity index (χ1v) is 6.69. The summed E-state index contributed by atoms with van der Waals surface area (Å²) in [5, 5.41) is 3.84. The Morgan fingerprint density at radius 2 is 1.81 bits per heavy atom. The van der Waals surface area contributed by atoms with Crippen molar-refractivity contribution in [1.82, 2.24) is 15.0 Å². The number of nitrogens with one attached hydrogen (secondary N) is 1. The van der Waals surface area contributed by atoms with Gasteiger partial charge < -0.3 is 5.32 Å². The number of hydrogen-bond acceptors (Lipinski definition) is 4. The van der Waals surface area contributed by atoms with Gasteiger partial charge in [0.25, 0.3) is 0 Å². The Kier molecular flexibility index (Phi) is 3.25. The number of fused-ring (bicyclic) bond motifs is 1. The van der Waals surface area contributed by atoms with Gasteiger partial charge in [-0.3, -0.25) is 0 Å². The molecule has 3 rings (SSSR count). The third-order valence-electron chi connectivity index (χ3n) is 3.41. The van der Waals surface area contributed by atoms with E-state index in [0.29, 0.717) is 17.2 Å². The van der Waals surface area contributed by atoms with Gasteiger partial charge in [-0.25, -0.2) is 19.3 Å². The molecule has 0 spiro atoms. The topological polar surface area (TPSA) is 50.7 Å². The molecule has 106 valence electrons. The van der Waals surface area contributed by atoms with Crippen LogP contribution in [0.15, 0.2) is 30.3 Å². The van der Waals surface area contributed by atoms with E-state index in [2.05, 4.69) is 20.3 Å². The second-order valence-electron chi connectivity index (χ2n) is 4.89. The summed E-state index contributed by atoms with van der Waals surface area (Å²) in [4.78, 5) is 13.0. The molecular formula is C16H15FN4. The van der Waals surface area contributed by atoms with Gasteiger partial charge in [0.2, 0.25) is 0 Å². The number of aromatic nitrogens is 3. The highest BCUT2D eigenvalue weighted by Gasteiger charge is 2.13. The van der Waals surface area contributed by atoms with Crippen LogP contribution in [0.1, 0.15) is 11.3 Å². The molecule has 2 heterocycles. The number of anilines is 1. The summed E-state index contributed by atoms with van der Waals surface area (Å²) in [7, 11) is 1.63. The SMILES string of the molecule is CNc1nc(-c2cc(C)c3ccccc3n2)nc(C)c1F. The first kappa shape index (κ1) is 13.4. The zero-order valence-corrected chi connectivity index (χ0v) is 12.1. The van der Waals surface area contributed by atoms with Crippen molar-refractivity contribution in [2.75, 3.05) is 12.4 Å². The monoisotopic (exact) mass is 282 g/mol. The van der Waals surface area contributed by atoms with Crippen molar-refractivity contribution in [3.05, 3.63) is 47.4 Å². The van der Waals surface area contributed by atoms with Crippen molar-refractivity contribution in [2.24, 2.45) is 0 Å². The number of pyridine rings is 1. The number of aryl methyl sites for hydroxylation is 2. The molecule has 1 N–H and O–H groups in total. The lowest BCUT2D eigenvalue weighted by Gasteiger charge is -2.09. The molecule has 0 amide bonds. The normalized spacial score (nSPS) is 10.9. The molecule has 0 radical (unpaired) electrons. The summed E-state index contributed by atoms with van der Waals surface area (Å²) in [6, 6.07) is 9.82. The van der Waals surface area contributed by atoms with Crippen LogP contribution in [-0.4, -0.2) is 22.0 Å². The van der Waals surface area contributed by atoms with Gasteiger partial charge in [-0.2, -0.15) is 0 Å². The number of hydrogen-bond donors (Lipinski definition) is 1. The summed E-state index contributed by atoms with van der Waals surface area (Å²) in [5.74, 6) is 0.177. The van der Waals surface area contributed by atoms with Crippen molar-refractivity contribution in [3.63, 3.8) is 0 Å². The number of para-hydroxylation sites is 1. The van der Waals surface area contributed by atoms with Gasteiger partial charge >= 0.3 is 0 Å². The third kappa shape index (κ3) is 2.31. The highest BCUT2D eigenvalue weighted by atomic mass is 19.1. The summed E-state index contributed by atoms with van der Waals surface area (Å²) in [5.41, 5.74) is 2.92. The van der Waals surface area contributed by atoms with E-state index < -0.39 is 5.82 Å². The lowest BCUT2D eigenvalue weighted by atomic mass is 10.1. The largest absolute Gasteiger partial charge is 0.371 e. The summed E-state index contributed by atoms with van der Waals surface area (Å²) >= 11 is 0. The summed E-state index contributed by atoms with van der Waals surface area (Å²) in [6.45, 7) is 3.64. The van der Waals surface area contributed by atoms with Gasteiger partial charge in [-0.15, -0.1) is 0 Å². The molecule has 0 atom stereocenters. The van der Waals surface area contributed by atoms with Crippen molar-refractivity contribution < 1.29 is 4.39 Å². The van der Waals surface area contributed by atoms with Crippen LogP contribution < -0.4 is 5.32 Å². The van der Waals surface area contributed by atoms with Gasteiger partial charge in [0.1, 0.15) is 5.69 Å². The molecule has 0 aliphatic carbocycles. The van der Waals surface area contributed by atoms with E-state index in [-0.39, 0.29) is 5.82 Å². The van der Waals surface area contributed by atoms with Gasteiger partial charge in [0.15, 0.2) is 17.5 Å². The Morgan fingerprint density at radius 1 is 1.05 bits per heavy atom. The van der Waals surface area contributed by atoms with Gasteiger partial charge in [0.05, 0.1) is 11.2 Å². The first-order chi connectivity index (χ1) is 10.1. The van der Waals surface area contributed by atoms with Crippen molar-refractivity contribution in [1.29, 1.82) is 0 Å². The Morgan fingerprint density at radius 3 is 2.57 bits per heavy atom. The molecule has 0 aliphatic heterocycles. The number of rotatable bonds is 2. The molecule has 0 unspecified atom stereocenters. The van der Waals surface area contributed by atoms with Gasteiger partial charge in [-0.05, 0) is 31.5 Å². The van der Waals surface area contributed by atoms with E-state index in [0.717, 1.165) is 16.5 Å². The maximum Gasteiger partial charge on any atom is 0.186 e. The Hall–Kier alpha value is -2.56. The lowest BCUT2D eigenvalue weighted by Crippen LogP contribution is -2.04. The van der Waals surface area contributed by atoms with Crippen LogP contribution in [-0.2, 0) is 0 Å². The van der Waals surface area contributed by atoms with Crippen molar-refractivity contribution >= 4 is 16.7 Å². The molecule has 2 aromatic heterocycles. The van der Waals surface area contributed by atoms with Crippen LogP contribution in [0.2, 0.25) is 0 Å². The standard InChI is InChI=1S/C16H15FN4/c1-9-8-13(20-12-7-5-4-6-11(9)12)15-19-10(2)14(17)16(18-3)21-15/h4-8H,1-3H3,(H,18,19,21). The average molecular weight is 282 g/mol. The fraction of sp³-hybridized carbons (Fsp3) is 0.188. The zero-order valence-electron chi connectivity index (χ0n) is 12.1. The van der Waals surface area contributed by atoms with Gasteiger partial charge in [0, 0.05) is 12.4 Å². The van der Waals surface area contributed by atoms with E-state index in [1.165, 1.54) is 0 Å². The lowest BCUT2D eigenvalue weighted by molar-refractivity contribution is 0.607. The third-order valence-corrected chi connectivity index (χ3v) is 3.41. The Labute approximate surface area is 122 Å². The van der Waals surface area contributed by atoms with Crippen molar-refractivity contribution in [2.45, 2.75) is 13.8 Å². The fourth-order valence-corrected chi connectivity index (χ4v) is 2.30. The van der Waals surface area contributed by atoms with E-state index in [9.17, 15) is 4.39 Å². The second kappa shape index (κ2) is 5.09. The Balaban J connectivity index is 2.23. The predicted molar refractivity (Wildman–Crippen MR) is 81.7 cm³/mol. The number of benzene rings is 1.